The Bertz CT molecular complexity index is 275. The van der Waals surface area contributed by atoms with E-state index in [2.05, 4.69) is 0 Å². The molecule has 0 saturated heterocycles. The third-order valence-electron chi connectivity index (χ3n) is 2.17. The largest absolute Gasteiger partial charge is 0.392 e. The molecule has 0 aromatic heterocycles. The molecule has 0 aromatic carbocycles. The standard InChI is InChI=1S/C9H10F4O/c1-8(10)6(5-9(11,12)13)3-2-4-7(8)14/h2-4,7,14H,5H2,1H3. The van der Waals surface area contributed by atoms with Gasteiger partial charge in [-0.3, -0.25) is 0 Å². The molecule has 1 rings (SSSR count). The molecule has 0 bridgehead atoms. The number of alkyl halides is 4. The maximum Gasteiger partial charge on any atom is 0.392 e. The van der Waals surface area contributed by atoms with Crippen molar-refractivity contribution in [2.24, 2.45) is 0 Å². The van der Waals surface area contributed by atoms with Gasteiger partial charge in [-0.2, -0.15) is 13.2 Å². The zero-order valence-electron chi connectivity index (χ0n) is 7.48. The lowest BCUT2D eigenvalue weighted by atomic mass is 9.85. The molecular formula is C9H10F4O. The van der Waals surface area contributed by atoms with E-state index >= 15 is 0 Å². The number of hydrogen-bond acceptors (Lipinski definition) is 1. The molecule has 2 atom stereocenters. The summed E-state index contributed by atoms with van der Waals surface area (Å²) in [5, 5.41) is 9.13. The van der Waals surface area contributed by atoms with E-state index in [1.54, 1.807) is 0 Å². The molecule has 1 aliphatic carbocycles. The van der Waals surface area contributed by atoms with Gasteiger partial charge in [0.25, 0.3) is 0 Å². The molecule has 1 N–H and O–H groups in total. The molecule has 80 valence electrons. The van der Waals surface area contributed by atoms with Crippen molar-refractivity contribution in [2.75, 3.05) is 0 Å². The Morgan fingerprint density at radius 2 is 2.07 bits per heavy atom. The van der Waals surface area contributed by atoms with Crippen molar-refractivity contribution in [3.05, 3.63) is 23.8 Å². The molecule has 0 aromatic rings. The molecular weight excluding hydrogens is 200 g/mol. The van der Waals surface area contributed by atoms with Gasteiger partial charge >= 0.3 is 6.18 Å². The lowest BCUT2D eigenvalue weighted by Crippen LogP contribution is -2.38. The summed E-state index contributed by atoms with van der Waals surface area (Å²) in [5.41, 5.74) is -2.77. The normalized spacial score (nSPS) is 33.0. The smallest absolute Gasteiger partial charge is 0.385 e. The van der Waals surface area contributed by atoms with Crippen molar-refractivity contribution in [2.45, 2.75) is 31.3 Å². The first-order valence-corrected chi connectivity index (χ1v) is 4.05. The lowest BCUT2D eigenvalue weighted by Gasteiger charge is -2.30. The highest BCUT2D eigenvalue weighted by molar-refractivity contribution is 5.31. The van der Waals surface area contributed by atoms with E-state index in [1.165, 1.54) is 6.08 Å². The second-order valence-electron chi connectivity index (χ2n) is 3.39. The van der Waals surface area contributed by atoms with Gasteiger partial charge in [0, 0.05) is 0 Å². The Kier molecular flexibility index (Phi) is 2.71. The third-order valence-corrected chi connectivity index (χ3v) is 2.17. The van der Waals surface area contributed by atoms with Gasteiger partial charge in [0.05, 0.1) is 6.42 Å². The lowest BCUT2D eigenvalue weighted by molar-refractivity contribution is -0.131. The number of allylic oxidation sites excluding steroid dienone is 2. The van der Waals surface area contributed by atoms with Crippen LogP contribution in [0.5, 0.6) is 0 Å². The van der Waals surface area contributed by atoms with Crippen LogP contribution in [0, 0.1) is 0 Å². The molecule has 2 unspecified atom stereocenters. The minimum absolute atomic E-state index is 0.444. The fourth-order valence-electron chi connectivity index (χ4n) is 1.26. The number of aliphatic hydroxyl groups is 1. The molecule has 0 aliphatic heterocycles. The Balaban J connectivity index is 2.87. The van der Waals surface area contributed by atoms with E-state index < -0.39 is 29.9 Å². The van der Waals surface area contributed by atoms with Crippen LogP contribution < -0.4 is 0 Å². The maximum absolute atomic E-state index is 13.6. The van der Waals surface area contributed by atoms with Gasteiger partial charge < -0.3 is 5.11 Å². The van der Waals surface area contributed by atoms with Crippen molar-refractivity contribution < 1.29 is 22.7 Å². The van der Waals surface area contributed by atoms with Gasteiger partial charge in [-0.15, -0.1) is 0 Å². The summed E-state index contributed by atoms with van der Waals surface area (Å²) >= 11 is 0. The average Bonchev–Trinajstić information content (AvgIpc) is 1.97. The zero-order chi connectivity index (χ0) is 11.0. The zero-order valence-corrected chi connectivity index (χ0v) is 7.48. The van der Waals surface area contributed by atoms with Crippen LogP contribution in [0.2, 0.25) is 0 Å². The molecule has 0 fully saturated rings. The summed E-state index contributed by atoms with van der Waals surface area (Å²) in [6, 6.07) is 0. The van der Waals surface area contributed by atoms with E-state index in [9.17, 15) is 17.6 Å². The summed E-state index contributed by atoms with van der Waals surface area (Å²) in [6.07, 6.45) is -3.89. The van der Waals surface area contributed by atoms with Gasteiger partial charge in [0.2, 0.25) is 0 Å². The first-order chi connectivity index (χ1) is 6.23. The maximum atomic E-state index is 13.6. The van der Waals surface area contributed by atoms with Gasteiger partial charge in [-0.25, -0.2) is 4.39 Å². The number of aliphatic hydroxyl groups excluding tert-OH is 1. The fraction of sp³-hybridized carbons (Fsp3) is 0.556. The van der Waals surface area contributed by atoms with Crippen molar-refractivity contribution in [3.8, 4) is 0 Å². The van der Waals surface area contributed by atoms with Gasteiger partial charge in [0.15, 0.2) is 5.67 Å². The van der Waals surface area contributed by atoms with E-state index in [-0.39, 0.29) is 0 Å². The number of hydrogen-bond donors (Lipinski definition) is 1. The molecule has 1 aliphatic rings. The second-order valence-corrected chi connectivity index (χ2v) is 3.39. The Labute approximate surface area is 78.7 Å². The number of halogens is 4. The molecule has 5 heteroatoms. The van der Waals surface area contributed by atoms with Crippen LogP contribution in [-0.2, 0) is 0 Å². The molecule has 0 saturated carbocycles. The second kappa shape index (κ2) is 3.38. The molecule has 1 nitrogen and oxygen atoms in total. The first kappa shape index (κ1) is 11.2. The van der Waals surface area contributed by atoms with Crippen LogP contribution in [0.1, 0.15) is 13.3 Å². The SMILES string of the molecule is CC1(F)C(CC(F)(F)F)=CC=CC1O. The summed E-state index contributed by atoms with van der Waals surface area (Å²) in [4.78, 5) is 0. The van der Waals surface area contributed by atoms with Crippen LogP contribution in [0.3, 0.4) is 0 Å². The fourth-order valence-corrected chi connectivity index (χ4v) is 1.26. The van der Waals surface area contributed by atoms with Crippen molar-refractivity contribution in [1.82, 2.24) is 0 Å². The van der Waals surface area contributed by atoms with Crippen molar-refractivity contribution >= 4 is 0 Å². The van der Waals surface area contributed by atoms with Crippen LogP contribution in [-0.4, -0.2) is 23.1 Å². The monoisotopic (exact) mass is 210 g/mol. The highest BCUT2D eigenvalue weighted by Gasteiger charge is 2.42. The molecule has 14 heavy (non-hydrogen) atoms. The van der Waals surface area contributed by atoms with E-state index in [1.807, 2.05) is 0 Å². The quantitative estimate of drug-likeness (QED) is 0.659. The van der Waals surface area contributed by atoms with E-state index in [0.29, 0.717) is 0 Å². The molecule has 0 heterocycles. The van der Waals surface area contributed by atoms with E-state index in [0.717, 1.165) is 19.1 Å². The topological polar surface area (TPSA) is 20.2 Å². The van der Waals surface area contributed by atoms with Crippen LogP contribution in [0.4, 0.5) is 17.6 Å². The Hall–Kier alpha value is -0.840. The van der Waals surface area contributed by atoms with Crippen LogP contribution in [0.15, 0.2) is 23.8 Å². The minimum atomic E-state index is -4.45. The van der Waals surface area contributed by atoms with Crippen molar-refractivity contribution in [3.63, 3.8) is 0 Å². The Morgan fingerprint density at radius 1 is 1.50 bits per heavy atom. The summed E-state index contributed by atoms with van der Waals surface area (Å²) in [7, 11) is 0. The van der Waals surface area contributed by atoms with Crippen LogP contribution >= 0.6 is 0 Å². The summed E-state index contributed by atoms with van der Waals surface area (Å²) in [5.74, 6) is 0. The van der Waals surface area contributed by atoms with Gasteiger partial charge in [-0.1, -0.05) is 18.2 Å². The molecule has 0 amide bonds. The van der Waals surface area contributed by atoms with Crippen LogP contribution in [0.25, 0.3) is 0 Å². The predicted octanol–water partition coefficient (Wildman–Crippen LogP) is 2.52. The molecule has 0 spiro atoms. The highest BCUT2D eigenvalue weighted by Crippen LogP contribution is 2.37. The Morgan fingerprint density at radius 3 is 2.57 bits per heavy atom. The molecule has 0 radical (unpaired) electrons. The van der Waals surface area contributed by atoms with Crippen molar-refractivity contribution in [1.29, 1.82) is 0 Å². The number of rotatable bonds is 1. The predicted molar refractivity (Wildman–Crippen MR) is 43.4 cm³/mol. The summed E-state index contributed by atoms with van der Waals surface area (Å²) < 4.78 is 49.6. The van der Waals surface area contributed by atoms with Gasteiger partial charge in [0.1, 0.15) is 6.10 Å². The summed E-state index contributed by atoms with van der Waals surface area (Å²) in [6.45, 7) is 0.943. The third kappa shape index (κ3) is 2.35. The highest BCUT2D eigenvalue weighted by atomic mass is 19.4. The minimum Gasteiger partial charge on any atom is -0.385 e. The first-order valence-electron chi connectivity index (χ1n) is 4.05. The van der Waals surface area contributed by atoms with E-state index in [4.69, 9.17) is 5.11 Å². The average molecular weight is 210 g/mol. The van der Waals surface area contributed by atoms with Gasteiger partial charge in [-0.05, 0) is 12.5 Å².